The number of piperidine rings is 1. The van der Waals surface area contributed by atoms with E-state index in [0.29, 0.717) is 6.42 Å². The lowest BCUT2D eigenvalue weighted by atomic mass is 9.87. The van der Waals surface area contributed by atoms with Gasteiger partial charge >= 0.3 is 0 Å². The summed E-state index contributed by atoms with van der Waals surface area (Å²) >= 11 is 6.51. The number of carbonyl (C=O) groups is 3. The Bertz CT molecular complexity index is 1570. The van der Waals surface area contributed by atoms with Gasteiger partial charge in [-0.15, -0.1) is 0 Å². The van der Waals surface area contributed by atoms with Gasteiger partial charge in [0.15, 0.2) is 0 Å². The second kappa shape index (κ2) is 11.8. The van der Waals surface area contributed by atoms with Crippen LogP contribution >= 0.6 is 11.6 Å². The van der Waals surface area contributed by atoms with Gasteiger partial charge in [-0.2, -0.15) is 5.26 Å². The van der Waals surface area contributed by atoms with E-state index in [1.807, 2.05) is 6.07 Å². The number of nitrogens with one attached hydrogen (secondary N) is 1. The van der Waals surface area contributed by atoms with Gasteiger partial charge in [-0.25, -0.2) is 18.2 Å². The van der Waals surface area contributed by atoms with Gasteiger partial charge in [0.2, 0.25) is 11.8 Å². The highest BCUT2D eigenvalue weighted by atomic mass is 35.5. The lowest BCUT2D eigenvalue weighted by molar-refractivity contribution is -0.133. The number of alkyl halides is 2. The maximum Gasteiger partial charge on any atom is 0.252 e. The molecule has 5 rings (SSSR count). The summed E-state index contributed by atoms with van der Waals surface area (Å²) in [5.74, 6) is -5.48. The topological polar surface area (TPSA) is 106 Å². The monoisotopic (exact) mass is 595 g/mol. The molecule has 216 valence electrons. The first-order chi connectivity index (χ1) is 20.1. The maximum absolute atomic E-state index is 14.6. The van der Waals surface area contributed by atoms with E-state index in [4.69, 9.17) is 11.6 Å². The molecule has 2 heterocycles. The Labute approximate surface area is 244 Å². The van der Waals surface area contributed by atoms with E-state index in [1.54, 1.807) is 12.1 Å². The molecule has 2 aromatic carbocycles. The van der Waals surface area contributed by atoms with Gasteiger partial charge in [0.05, 0.1) is 11.6 Å². The fourth-order valence-electron chi connectivity index (χ4n) is 5.34. The number of hydrogen-bond donors (Lipinski definition) is 1. The Balaban J connectivity index is 1.62. The summed E-state index contributed by atoms with van der Waals surface area (Å²) in [5.41, 5.74) is 0.395. The number of nitriles is 1. The minimum Gasteiger partial charge on any atom is -0.351 e. The molecular weight excluding hydrogens is 571 g/mol. The number of amides is 3. The van der Waals surface area contributed by atoms with Gasteiger partial charge in [0.1, 0.15) is 23.7 Å². The number of hydrogen-bond acceptors (Lipinski definition) is 5. The van der Waals surface area contributed by atoms with E-state index in [2.05, 4.69) is 10.3 Å². The van der Waals surface area contributed by atoms with E-state index in [9.17, 15) is 32.8 Å². The summed E-state index contributed by atoms with van der Waals surface area (Å²) < 4.78 is 41.8. The molecule has 8 nitrogen and oxygen atoms in total. The molecule has 0 radical (unpaired) electrons. The number of anilines is 2. The van der Waals surface area contributed by atoms with Crippen molar-refractivity contribution in [2.45, 2.75) is 56.2 Å². The second-order valence-corrected chi connectivity index (χ2v) is 10.7. The van der Waals surface area contributed by atoms with E-state index >= 15 is 0 Å². The van der Waals surface area contributed by atoms with Crippen LogP contribution in [0.1, 0.15) is 49.3 Å². The Morgan fingerprint density at radius 3 is 2.60 bits per heavy atom. The smallest absolute Gasteiger partial charge is 0.252 e. The molecule has 42 heavy (non-hydrogen) atoms. The van der Waals surface area contributed by atoms with Crippen molar-refractivity contribution in [3.8, 4) is 6.07 Å². The highest BCUT2D eigenvalue weighted by molar-refractivity contribution is 6.31. The van der Waals surface area contributed by atoms with Gasteiger partial charge in [-0.05, 0) is 49.2 Å². The molecule has 2 unspecified atom stereocenters. The third-order valence-electron chi connectivity index (χ3n) is 7.32. The van der Waals surface area contributed by atoms with Gasteiger partial charge in [0.25, 0.3) is 11.8 Å². The van der Waals surface area contributed by atoms with Gasteiger partial charge < -0.3 is 5.32 Å². The SMILES string of the molecule is N#Cc1ccnc(N2C(=O)CCCC2C(=O)N(c2cccc(F)c2)C(C(=O)NC2CC(F)(F)C2)c2ccccc2Cl)c1. The van der Waals surface area contributed by atoms with Crippen LogP contribution in [0.4, 0.5) is 24.7 Å². The molecule has 1 aliphatic carbocycles. The van der Waals surface area contributed by atoms with Crippen molar-refractivity contribution in [3.63, 3.8) is 0 Å². The van der Waals surface area contributed by atoms with Crippen LogP contribution in [0.25, 0.3) is 0 Å². The molecule has 3 amide bonds. The van der Waals surface area contributed by atoms with Crippen LogP contribution < -0.4 is 15.1 Å². The zero-order valence-electron chi connectivity index (χ0n) is 22.1. The summed E-state index contributed by atoms with van der Waals surface area (Å²) in [6.45, 7) is 0. The summed E-state index contributed by atoms with van der Waals surface area (Å²) in [4.78, 5) is 48.1. The first-order valence-corrected chi connectivity index (χ1v) is 13.7. The Morgan fingerprint density at radius 1 is 1.14 bits per heavy atom. The molecule has 0 spiro atoms. The maximum atomic E-state index is 14.6. The van der Waals surface area contributed by atoms with Crippen LogP contribution in [-0.4, -0.2) is 40.7 Å². The van der Waals surface area contributed by atoms with Crippen molar-refractivity contribution in [2.75, 3.05) is 9.80 Å². The quantitative estimate of drug-likeness (QED) is 0.398. The van der Waals surface area contributed by atoms with Gasteiger partial charge in [0, 0.05) is 47.8 Å². The molecule has 1 N–H and O–H groups in total. The minimum absolute atomic E-state index is 0.00397. The van der Waals surface area contributed by atoms with Crippen LogP contribution in [0.2, 0.25) is 5.02 Å². The molecule has 2 fully saturated rings. The van der Waals surface area contributed by atoms with Crippen LogP contribution in [0.15, 0.2) is 66.9 Å². The zero-order valence-corrected chi connectivity index (χ0v) is 22.9. The molecule has 1 aliphatic heterocycles. The summed E-state index contributed by atoms with van der Waals surface area (Å²) in [5, 5.41) is 12.1. The van der Waals surface area contributed by atoms with Crippen molar-refractivity contribution in [1.29, 1.82) is 5.26 Å². The molecular formula is C30H25ClF3N5O3. The van der Waals surface area contributed by atoms with Crippen LogP contribution in [0.3, 0.4) is 0 Å². The van der Waals surface area contributed by atoms with E-state index in [-0.39, 0.29) is 40.5 Å². The number of aromatic nitrogens is 1. The number of carbonyl (C=O) groups excluding carboxylic acids is 3. The van der Waals surface area contributed by atoms with Crippen LogP contribution in [0.5, 0.6) is 0 Å². The van der Waals surface area contributed by atoms with Crippen molar-refractivity contribution in [1.82, 2.24) is 10.3 Å². The standard InChI is InChI=1S/C30H25ClF3N5O3/c31-23-8-2-1-7-22(23)27(28(41)37-20-15-30(33,34)16-20)38(21-6-3-5-19(32)14-21)29(42)24-9-4-10-26(40)39(24)25-13-18(17-35)11-12-36-25/h1-3,5-8,11-14,20,24,27H,4,9-10,15-16H2,(H,37,41). The van der Waals surface area contributed by atoms with Crippen molar-refractivity contribution in [2.24, 2.45) is 0 Å². The minimum atomic E-state index is -2.91. The van der Waals surface area contributed by atoms with E-state index in [0.717, 1.165) is 11.0 Å². The highest BCUT2D eigenvalue weighted by Crippen LogP contribution is 2.39. The third-order valence-corrected chi connectivity index (χ3v) is 7.67. The molecule has 2 atom stereocenters. The number of rotatable bonds is 7. The molecule has 2 aliphatic rings. The predicted molar refractivity (Wildman–Crippen MR) is 148 cm³/mol. The van der Waals surface area contributed by atoms with Crippen molar-refractivity contribution >= 4 is 40.8 Å². The number of nitrogens with zero attached hydrogens (tertiary/aromatic N) is 4. The molecule has 12 heteroatoms. The third kappa shape index (κ3) is 5.94. The fourth-order valence-corrected chi connectivity index (χ4v) is 5.58. The Morgan fingerprint density at radius 2 is 1.90 bits per heavy atom. The van der Waals surface area contributed by atoms with Gasteiger partial charge in [-0.1, -0.05) is 35.9 Å². The van der Waals surface area contributed by atoms with Gasteiger partial charge in [-0.3, -0.25) is 24.2 Å². The number of halogens is 4. The normalized spacial score (nSPS) is 18.9. The zero-order chi connectivity index (χ0) is 30.0. The largest absolute Gasteiger partial charge is 0.351 e. The van der Waals surface area contributed by atoms with Crippen LogP contribution in [0, 0.1) is 17.1 Å². The lowest BCUT2D eigenvalue weighted by Gasteiger charge is -2.41. The predicted octanol–water partition coefficient (Wildman–Crippen LogP) is 5.32. The van der Waals surface area contributed by atoms with Crippen molar-refractivity contribution in [3.05, 3.63) is 88.8 Å². The highest BCUT2D eigenvalue weighted by Gasteiger charge is 2.48. The molecule has 1 saturated heterocycles. The summed E-state index contributed by atoms with van der Waals surface area (Å²) in [7, 11) is 0. The Hall–Kier alpha value is -4.43. The first-order valence-electron chi connectivity index (χ1n) is 13.3. The second-order valence-electron chi connectivity index (χ2n) is 10.3. The van der Waals surface area contributed by atoms with E-state index in [1.165, 1.54) is 53.6 Å². The number of benzene rings is 2. The average molecular weight is 596 g/mol. The first kappa shape index (κ1) is 29.1. The summed E-state index contributed by atoms with van der Waals surface area (Å²) in [6, 6.07) is 12.6. The summed E-state index contributed by atoms with van der Waals surface area (Å²) in [6.07, 6.45) is 0.866. The molecule has 3 aromatic rings. The number of pyridine rings is 1. The molecule has 1 saturated carbocycles. The molecule has 0 bridgehead atoms. The molecule has 1 aromatic heterocycles. The lowest BCUT2D eigenvalue weighted by Crippen LogP contribution is -2.58. The Kier molecular flexibility index (Phi) is 8.18. The average Bonchev–Trinajstić information content (AvgIpc) is 2.95. The fraction of sp³-hybridized carbons (Fsp3) is 0.300. The van der Waals surface area contributed by atoms with E-state index < -0.39 is 60.4 Å². The van der Waals surface area contributed by atoms with Crippen molar-refractivity contribution < 1.29 is 27.6 Å². The van der Waals surface area contributed by atoms with Crippen LogP contribution in [-0.2, 0) is 14.4 Å².